The molecular formula is C28H38F3N7O2. The third-order valence-electron chi connectivity index (χ3n) is 7.90. The molecule has 2 fully saturated rings. The first-order valence-corrected chi connectivity index (χ1v) is 14.2. The quantitative estimate of drug-likeness (QED) is 0.340. The Kier molecular flexibility index (Phi) is 9.71. The highest BCUT2D eigenvalue weighted by atomic mass is 19.3. The summed E-state index contributed by atoms with van der Waals surface area (Å²) in [6.45, 7) is 3.94. The van der Waals surface area contributed by atoms with Gasteiger partial charge in [0.2, 0.25) is 5.95 Å². The average Bonchev–Trinajstić information content (AvgIpc) is 3.39. The summed E-state index contributed by atoms with van der Waals surface area (Å²) < 4.78 is 48.2. The molecule has 3 aromatic rings. The van der Waals surface area contributed by atoms with E-state index in [0.29, 0.717) is 92.9 Å². The molecule has 1 aliphatic heterocycles. The molecule has 0 radical (unpaired) electrons. The minimum Gasteiger partial charge on any atom is -0.396 e. The van der Waals surface area contributed by atoms with E-state index in [4.69, 9.17) is 9.72 Å². The van der Waals surface area contributed by atoms with E-state index in [-0.39, 0.29) is 19.1 Å². The van der Waals surface area contributed by atoms with Crippen molar-refractivity contribution < 1.29 is 23.0 Å². The summed E-state index contributed by atoms with van der Waals surface area (Å²) >= 11 is 0. The summed E-state index contributed by atoms with van der Waals surface area (Å²) in [6, 6.07) is 9.13. The summed E-state index contributed by atoms with van der Waals surface area (Å²) in [7, 11) is 0. The number of aliphatic hydroxyl groups is 1. The standard InChI is InChI=1S/C28H38F3N7O2/c29-10-12-36(11-3-15-39)21-8-6-20(7-9-21)19-32-28-34-24(37-13-16-40-17-14-37)18-25(35-28)38-23-5-2-1-4-22(23)33-27(38)26(30)31/h1-2,4-5,18,20-21,26,39H,3,6-17,19H2,(H,32,34,35). The molecule has 1 saturated heterocycles. The molecule has 0 unspecified atom stereocenters. The largest absolute Gasteiger partial charge is 0.396 e. The van der Waals surface area contributed by atoms with Crippen LogP contribution in [0.1, 0.15) is 44.4 Å². The summed E-state index contributed by atoms with van der Waals surface area (Å²) in [4.78, 5) is 17.9. The summed E-state index contributed by atoms with van der Waals surface area (Å²) in [6.07, 6.45) is 1.79. The number of para-hydroxylation sites is 2. The monoisotopic (exact) mass is 561 g/mol. The molecule has 0 spiro atoms. The number of rotatable bonds is 12. The van der Waals surface area contributed by atoms with Gasteiger partial charge < -0.3 is 20.1 Å². The van der Waals surface area contributed by atoms with Crippen molar-refractivity contribution in [2.45, 2.75) is 44.6 Å². The van der Waals surface area contributed by atoms with Crippen LogP contribution in [0.15, 0.2) is 30.3 Å². The third-order valence-corrected chi connectivity index (χ3v) is 7.90. The Morgan fingerprint density at radius 2 is 1.77 bits per heavy atom. The lowest BCUT2D eigenvalue weighted by atomic mass is 9.85. The minimum atomic E-state index is -2.77. The maximum absolute atomic E-state index is 14.1. The Morgan fingerprint density at radius 3 is 2.50 bits per heavy atom. The van der Waals surface area contributed by atoms with Gasteiger partial charge >= 0.3 is 0 Å². The summed E-state index contributed by atoms with van der Waals surface area (Å²) in [5.41, 5.74) is 1.05. The van der Waals surface area contributed by atoms with E-state index in [0.717, 1.165) is 25.7 Å². The predicted molar refractivity (Wildman–Crippen MR) is 148 cm³/mol. The number of hydrogen-bond donors (Lipinski definition) is 2. The fraction of sp³-hybridized carbons (Fsp3) is 0.607. The Balaban J connectivity index is 1.35. The van der Waals surface area contributed by atoms with Crippen LogP contribution in [0.5, 0.6) is 0 Å². The van der Waals surface area contributed by atoms with Crippen molar-refractivity contribution in [1.29, 1.82) is 0 Å². The van der Waals surface area contributed by atoms with Gasteiger partial charge in [-0.1, -0.05) is 12.1 Å². The summed E-state index contributed by atoms with van der Waals surface area (Å²) in [5, 5.41) is 12.6. The zero-order valence-corrected chi connectivity index (χ0v) is 22.7. The molecule has 9 nitrogen and oxygen atoms in total. The average molecular weight is 562 g/mol. The van der Waals surface area contributed by atoms with Gasteiger partial charge in [0.25, 0.3) is 6.43 Å². The number of benzene rings is 1. The molecule has 3 heterocycles. The molecule has 2 aromatic heterocycles. The van der Waals surface area contributed by atoms with E-state index in [1.54, 1.807) is 30.3 Å². The van der Waals surface area contributed by atoms with Gasteiger partial charge in [0.1, 0.15) is 18.3 Å². The number of morpholine rings is 1. The Morgan fingerprint density at radius 1 is 1.02 bits per heavy atom. The van der Waals surface area contributed by atoms with Crippen molar-refractivity contribution in [1.82, 2.24) is 24.4 Å². The zero-order valence-electron chi connectivity index (χ0n) is 22.7. The molecule has 1 aromatic carbocycles. The molecule has 0 amide bonds. The van der Waals surface area contributed by atoms with Crippen LogP contribution in [0, 0.1) is 5.92 Å². The number of aromatic nitrogens is 4. The second kappa shape index (κ2) is 13.6. The van der Waals surface area contributed by atoms with Crippen LogP contribution in [-0.4, -0.2) is 94.8 Å². The molecule has 2 N–H and O–H groups in total. The van der Waals surface area contributed by atoms with Crippen molar-refractivity contribution in [3.63, 3.8) is 0 Å². The minimum absolute atomic E-state index is 0.112. The molecule has 40 heavy (non-hydrogen) atoms. The van der Waals surface area contributed by atoms with Crippen LogP contribution in [0.2, 0.25) is 0 Å². The zero-order chi connectivity index (χ0) is 27.9. The van der Waals surface area contributed by atoms with E-state index < -0.39 is 6.43 Å². The summed E-state index contributed by atoms with van der Waals surface area (Å²) in [5.74, 6) is 1.43. The highest BCUT2D eigenvalue weighted by Crippen LogP contribution is 2.31. The molecule has 5 rings (SSSR count). The van der Waals surface area contributed by atoms with Gasteiger partial charge in [-0.15, -0.1) is 0 Å². The van der Waals surface area contributed by atoms with Crippen LogP contribution >= 0.6 is 0 Å². The number of hydrogen-bond acceptors (Lipinski definition) is 8. The molecule has 12 heteroatoms. The second-order valence-electron chi connectivity index (χ2n) is 10.5. The topological polar surface area (TPSA) is 91.6 Å². The molecule has 0 bridgehead atoms. The first-order chi connectivity index (χ1) is 19.6. The van der Waals surface area contributed by atoms with Gasteiger partial charge in [0.15, 0.2) is 5.82 Å². The van der Waals surface area contributed by atoms with Gasteiger partial charge in [-0.2, -0.15) is 9.97 Å². The van der Waals surface area contributed by atoms with Crippen molar-refractivity contribution in [3.05, 3.63) is 36.2 Å². The number of anilines is 2. The molecule has 1 saturated carbocycles. The number of imidazole rings is 1. The normalized spacial score (nSPS) is 20.1. The predicted octanol–water partition coefficient (Wildman–Crippen LogP) is 4.21. The van der Waals surface area contributed by atoms with E-state index in [2.05, 4.69) is 25.1 Å². The van der Waals surface area contributed by atoms with Crippen molar-refractivity contribution >= 4 is 22.8 Å². The maximum atomic E-state index is 14.1. The first-order valence-electron chi connectivity index (χ1n) is 14.2. The van der Waals surface area contributed by atoms with E-state index in [1.165, 1.54) is 4.57 Å². The number of aliphatic hydroxyl groups excluding tert-OH is 1. The van der Waals surface area contributed by atoms with Crippen LogP contribution < -0.4 is 10.2 Å². The number of ether oxygens (including phenoxy) is 1. The Labute approximate surface area is 232 Å². The Bertz CT molecular complexity index is 1230. The molecule has 2 aliphatic rings. The smallest absolute Gasteiger partial charge is 0.296 e. The lowest BCUT2D eigenvalue weighted by Gasteiger charge is -2.36. The fourth-order valence-electron chi connectivity index (χ4n) is 5.81. The van der Waals surface area contributed by atoms with Gasteiger partial charge in [-0.05, 0) is 50.2 Å². The van der Waals surface area contributed by atoms with Crippen LogP contribution in [0.3, 0.4) is 0 Å². The first kappa shape index (κ1) is 28.6. The maximum Gasteiger partial charge on any atom is 0.296 e. The van der Waals surface area contributed by atoms with Crippen molar-refractivity contribution in [2.75, 3.05) is 69.4 Å². The third kappa shape index (κ3) is 6.67. The van der Waals surface area contributed by atoms with Gasteiger partial charge in [0, 0.05) is 51.4 Å². The van der Waals surface area contributed by atoms with E-state index >= 15 is 0 Å². The van der Waals surface area contributed by atoms with Crippen LogP contribution in [0.25, 0.3) is 16.9 Å². The van der Waals surface area contributed by atoms with Crippen LogP contribution in [-0.2, 0) is 4.74 Å². The molecule has 1 aliphatic carbocycles. The molecular weight excluding hydrogens is 523 g/mol. The van der Waals surface area contributed by atoms with Crippen LogP contribution in [0.4, 0.5) is 24.9 Å². The van der Waals surface area contributed by atoms with E-state index in [1.807, 2.05) is 0 Å². The van der Waals surface area contributed by atoms with Gasteiger partial charge in [0.05, 0.1) is 24.2 Å². The van der Waals surface area contributed by atoms with Crippen molar-refractivity contribution in [2.24, 2.45) is 5.92 Å². The van der Waals surface area contributed by atoms with Crippen molar-refractivity contribution in [3.8, 4) is 5.82 Å². The SMILES string of the molecule is OCCCN(CCF)C1CCC(CNc2nc(N3CCOCC3)cc(-n3c(C(F)F)nc4ccccc43)n2)CC1. The lowest BCUT2D eigenvalue weighted by molar-refractivity contribution is 0.120. The van der Waals surface area contributed by atoms with E-state index in [9.17, 15) is 18.3 Å². The lowest BCUT2D eigenvalue weighted by Crippen LogP contribution is -2.41. The number of nitrogens with one attached hydrogen (secondary N) is 1. The highest BCUT2D eigenvalue weighted by molar-refractivity contribution is 5.78. The Hall–Kier alpha value is -2.96. The fourth-order valence-corrected chi connectivity index (χ4v) is 5.81. The highest BCUT2D eigenvalue weighted by Gasteiger charge is 2.27. The number of nitrogens with zero attached hydrogens (tertiary/aromatic N) is 6. The van der Waals surface area contributed by atoms with Gasteiger partial charge in [-0.3, -0.25) is 9.47 Å². The number of halogens is 3. The number of fused-ring (bicyclic) bond motifs is 1. The second-order valence-corrected chi connectivity index (χ2v) is 10.5. The molecule has 0 atom stereocenters. The van der Waals surface area contributed by atoms with Gasteiger partial charge in [-0.25, -0.2) is 18.2 Å². The number of alkyl halides is 3. The molecule has 218 valence electrons.